The number of ketones is 1. The number of aryl methyl sites for hydroxylation is 1. The zero-order chi connectivity index (χ0) is 26.4. The molecule has 0 radical (unpaired) electrons. The number of carboxylic acid groups (broad SMARTS) is 1. The number of ether oxygens (including phenoxy) is 2. The van der Waals surface area contributed by atoms with Gasteiger partial charge in [0.25, 0.3) is 0 Å². The van der Waals surface area contributed by atoms with Crippen LogP contribution in [0.5, 0.6) is 17.2 Å². The smallest absolute Gasteiger partial charge is 1.00 e. The second-order valence-electron chi connectivity index (χ2n) is 8.47. The number of fused-ring (bicyclic) bond motifs is 1. The molecule has 0 fully saturated rings. The molecule has 1 unspecified atom stereocenters. The molecule has 2 aromatic carbocycles. The maximum absolute atomic E-state index is 12.4. The third-order valence-corrected chi connectivity index (χ3v) is 5.65. The van der Waals surface area contributed by atoms with Crippen LogP contribution in [0.15, 0.2) is 39.5 Å². The summed E-state index contributed by atoms with van der Waals surface area (Å²) >= 11 is 0. The number of carboxylic acids is 1. The van der Waals surface area contributed by atoms with Crippen LogP contribution in [-0.4, -0.2) is 46.4 Å². The predicted molar refractivity (Wildman–Crippen MR) is 134 cm³/mol. The van der Waals surface area contributed by atoms with E-state index in [2.05, 4.69) is 0 Å². The number of hydrogen-bond acceptors (Lipinski definition) is 8. The number of carbonyl (C=O) groups excluding carboxylic acids is 1. The van der Waals surface area contributed by atoms with Crippen molar-refractivity contribution in [3.05, 3.63) is 63.0 Å². The molecule has 0 bridgehead atoms. The first-order valence-corrected chi connectivity index (χ1v) is 11.8. The minimum atomic E-state index is -1.35. The van der Waals surface area contributed by atoms with E-state index in [4.69, 9.17) is 13.9 Å². The number of aromatic carboxylic acids is 1. The first-order valence-electron chi connectivity index (χ1n) is 11.8. The molecule has 194 valence electrons. The van der Waals surface area contributed by atoms with Gasteiger partial charge in [0, 0.05) is 17.2 Å². The fourth-order valence-electron chi connectivity index (χ4n) is 3.93. The number of hydrogen-bond donors (Lipinski definition) is 3. The Hall–Kier alpha value is -2.85. The molecule has 0 saturated carbocycles. The van der Waals surface area contributed by atoms with Gasteiger partial charge in [0.1, 0.15) is 42.1 Å². The van der Waals surface area contributed by atoms with Crippen LogP contribution in [-0.2, 0) is 12.8 Å². The molecule has 9 nitrogen and oxygen atoms in total. The summed E-state index contributed by atoms with van der Waals surface area (Å²) in [5, 5.41) is 30.5. The van der Waals surface area contributed by atoms with Gasteiger partial charge in [0.2, 0.25) is 5.76 Å². The van der Waals surface area contributed by atoms with Crippen LogP contribution in [0, 0.1) is 0 Å². The maximum Gasteiger partial charge on any atom is 1.00 e. The van der Waals surface area contributed by atoms with E-state index in [1.165, 1.54) is 19.1 Å². The molecule has 1 heterocycles. The molecular weight excluding hydrogens is 491 g/mol. The number of aliphatic hydroxyl groups excluding tert-OH is 1. The minimum absolute atomic E-state index is 0. The molecule has 0 aliphatic rings. The summed E-state index contributed by atoms with van der Waals surface area (Å²) in [4.78, 5) is 35.4. The summed E-state index contributed by atoms with van der Waals surface area (Å²) in [6.07, 6.45) is 1.32. The Morgan fingerprint density at radius 2 is 1.57 bits per heavy atom. The van der Waals surface area contributed by atoms with Crippen molar-refractivity contribution >= 4 is 22.7 Å². The van der Waals surface area contributed by atoms with Gasteiger partial charge in [-0.3, -0.25) is 9.59 Å². The molecule has 3 N–H and O–H groups in total. The van der Waals surface area contributed by atoms with Crippen molar-refractivity contribution in [1.29, 1.82) is 0 Å². The summed E-state index contributed by atoms with van der Waals surface area (Å²) in [6.45, 7) is 4.95. The normalized spacial score (nSPS) is 11.6. The third kappa shape index (κ3) is 7.13. The second kappa shape index (κ2) is 13.6. The Morgan fingerprint density at radius 3 is 2.14 bits per heavy atom. The zero-order valence-electron chi connectivity index (χ0n) is 22.5. The first-order chi connectivity index (χ1) is 17.2. The fraction of sp³-hybridized carbons (Fsp3) is 0.370. The average molecular weight is 523 g/mol. The summed E-state index contributed by atoms with van der Waals surface area (Å²) < 4.78 is 17.0. The molecule has 1 atom stereocenters. The van der Waals surface area contributed by atoms with Crippen molar-refractivity contribution in [2.45, 2.75) is 52.6 Å². The number of phenols is 1. The summed E-state index contributed by atoms with van der Waals surface area (Å²) in [7, 11) is 0. The third-order valence-electron chi connectivity index (χ3n) is 5.65. The molecule has 0 amide bonds. The van der Waals surface area contributed by atoms with Gasteiger partial charge in [-0.2, -0.15) is 0 Å². The first kappa shape index (κ1) is 30.4. The van der Waals surface area contributed by atoms with E-state index >= 15 is 0 Å². The number of aliphatic hydroxyl groups is 1. The number of carbonyl (C=O) groups is 2. The quantitative estimate of drug-likeness (QED) is 0.236. The van der Waals surface area contributed by atoms with Gasteiger partial charge in [0.15, 0.2) is 11.2 Å². The van der Waals surface area contributed by atoms with Gasteiger partial charge in [-0.05, 0) is 44.0 Å². The van der Waals surface area contributed by atoms with Crippen molar-refractivity contribution in [2.75, 3.05) is 13.2 Å². The molecular formula is C27H31NaO9. The monoisotopic (exact) mass is 522 g/mol. The molecule has 0 aliphatic heterocycles. The molecule has 0 aliphatic carbocycles. The summed E-state index contributed by atoms with van der Waals surface area (Å²) in [6, 6.07) is 7.12. The van der Waals surface area contributed by atoms with Gasteiger partial charge < -0.3 is 30.6 Å². The van der Waals surface area contributed by atoms with Crippen LogP contribution in [0.3, 0.4) is 0 Å². The second-order valence-corrected chi connectivity index (χ2v) is 8.47. The number of aromatic hydroxyl groups is 1. The molecule has 3 rings (SSSR count). The molecule has 0 saturated heterocycles. The van der Waals surface area contributed by atoms with Crippen molar-refractivity contribution < 1.29 is 69.8 Å². The van der Waals surface area contributed by atoms with E-state index in [1.807, 2.05) is 13.8 Å². The summed E-state index contributed by atoms with van der Waals surface area (Å²) in [5.74, 6) is -1.44. The fourth-order valence-corrected chi connectivity index (χ4v) is 3.93. The number of phenolic OH excluding ortho intramolecular Hbond substituents is 1. The van der Waals surface area contributed by atoms with Crippen LogP contribution in [0.2, 0.25) is 0 Å². The van der Waals surface area contributed by atoms with Crippen LogP contribution in [0.1, 0.15) is 67.1 Å². The average Bonchev–Trinajstić information content (AvgIpc) is 2.83. The SMILES string of the molecule is CCCc1c(OCC(O)COc2ccc3c(=O)cc(C(=O)O)oc3c2CCC)ccc(C(C)=O)c1O.[H-].[Na+]. The van der Waals surface area contributed by atoms with E-state index in [-0.39, 0.29) is 72.3 Å². The van der Waals surface area contributed by atoms with Gasteiger partial charge >= 0.3 is 35.5 Å². The molecule has 1 aromatic heterocycles. The Bertz CT molecular complexity index is 1340. The van der Waals surface area contributed by atoms with Crippen molar-refractivity contribution in [3.8, 4) is 17.2 Å². The topological polar surface area (TPSA) is 144 Å². The van der Waals surface area contributed by atoms with E-state index in [0.29, 0.717) is 41.9 Å². The van der Waals surface area contributed by atoms with Gasteiger partial charge in [-0.25, -0.2) is 4.79 Å². The number of benzene rings is 2. The van der Waals surface area contributed by atoms with Crippen LogP contribution >= 0.6 is 0 Å². The zero-order valence-corrected chi connectivity index (χ0v) is 23.5. The summed E-state index contributed by atoms with van der Waals surface area (Å²) in [5.41, 5.74) is 0.941. The van der Waals surface area contributed by atoms with E-state index in [9.17, 15) is 29.7 Å². The van der Waals surface area contributed by atoms with Crippen LogP contribution in [0.25, 0.3) is 11.0 Å². The maximum atomic E-state index is 12.4. The van der Waals surface area contributed by atoms with Crippen LogP contribution < -0.4 is 44.5 Å². The van der Waals surface area contributed by atoms with E-state index < -0.39 is 23.3 Å². The number of Topliss-reactive ketones (excluding diaryl/α,β-unsaturated/α-hetero) is 1. The van der Waals surface area contributed by atoms with E-state index in [0.717, 1.165) is 12.5 Å². The number of rotatable bonds is 12. The molecule has 10 heteroatoms. The largest absolute Gasteiger partial charge is 1.00 e. The molecule has 3 aromatic rings. The standard InChI is InChI=1S/C27H30O9.Na.H/c1-4-6-19-22(10-8-17(15(3)28)25(19)31)34-13-16(29)14-35-23-11-9-18-21(30)12-24(27(32)33)36-26(18)20(23)7-5-2;;/h8-12,16,29,31H,4-7,13-14H2,1-3H3,(H,32,33);;/q;+1;-1. The van der Waals surface area contributed by atoms with Gasteiger partial charge in [0.05, 0.1) is 10.9 Å². The Labute approximate surface area is 237 Å². The molecule has 37 heavy (non-hydrogen) atoms. The van der Waals surface area contributed by atoms with Crippen molar-refractivity contribution in [1.82, 2.24) is 0 Å². The predicted octanol–water partition coefficient (Wildman–Crippen LogP) is 1.24. The van der Waals surface area contributed by atoms with Crippen LogP contribution in [0.4, 0.5) is 0 Å². The Balaban J connectivity index is 0.00000361. The van der Waals surface area contributed by atoms with Crippen molar-refractivity contribution in [2.24, 2.45) is 0 Å². The van der Waals surface area contributed by atoms with Gasteiger partial charge in [-0.1, -0.05) is 26.7 Å². The van der Waals surface area contributed by atoms with E-state index in [1.54, 1.807) is 12.1 Å². The van der Waals surface area contributed by atoms with Gasteiger partial charge in [-0.15, -0.1) is 0 Å². The minimum Gasteiger partial charge on any atom is -1.00 e. The van der Waals surface area contributed by atoms with Crippen molar-refractivity contribution in [3.63, 3.8) is 0 Å². The Kier molecular flexibility index (Phi) is 11.2. The molecule has 0 spiro atoms. The Morgan fingerprint density at radius 1 is 1.00 bits per heavy atom.